The number of hydrogen-bond acceptors (Lipinski definition) is 5. The third-order valence-corrected chi connectivity index (χ3v) is 4.49. The first-order valence-corrected chi connectivity index (χ1v) is 8.73. The molecule has 6 nitrogen and oxygen atoms in total. The maximum absolute atomic E-state index is 6.53. The zero-order valence-electron chi connectivity index (χ0n) is 13.8. The minimum absolute atomic E-state index is 0.111. The molecule has 1 aliphatic rings. The highest BCUT2D eigenvalue weighted by Crippen LogP contribution is 2.40. The highest BCUT2D eigenvalue weighted by molar-refractivity contribution is 6.31. The summed E-state index contributed by atoms with van der Waals surface area (Å²) in [6.07, 6.45) is 2.84. The molecule has 0 amide bonds. The Labute approximate surface area is 160 Å². The van der Waals surface area contributed by atoms with Crippen LogP contribution < -0.4 is 4.74 Å². The van der Waals surface area contributed by atoms with Crippen molar-refractivity contribution in [1.29, 1.82) is 0 Å². The predicted octanol–water partition coefficient (Wildman–Crippen LogP) is 4.47. The van der Waals surface area contributed by atoms with Crippen LogP contribution in [0.5, 0.6) is 11.5 Å². The zero-order chi connectivity index (χ0) is 18.1. The van der Waals surface area contributed by atoms with Crippen LogP contribution in [-0.4, -0.2) is 27.5 Å². The lowest BCUT2D eigenvalue weighted by molar-refractivity contribution is -0.204. The molecule has 0 N–H and O–H groups in total. The maximum Gasteiger partial charge on any atom is 0.302 e. The van der Waals surface area contributed by atoms with Crippen LogP contribution in [0.1, 0.15) is 12.5 Å². The zero-order valence-corrected chi connectivity index (χ0v) is 15.3. The van der Waals surface area contributed by atoms with E-state index in [9.17, 15) is 0 Å². The van der Waals surface area contributed by atoms with Gasteiger partial charge in [-0.1, -0.05) is 23.2 Å². The normalized spacial score (nSPS) is 22.5. The fraction of sp³-hybridized carbons (Fsp3) is 0.222. The SMILES string of the molecule is C[C@H]1COC(c2ccc(Oc3ccc(Cl)cc3)cc2Cl)(n2cncn2)O1. The highest BCUT2D eigenvalue weighted by atomic mass is 35.5. The van der Waals surface area contributed by atoms with Crippen LogP contribution in [0.2, 0.25) is 10.0 Å². The summed E-state index contributed by atoms with van der Waals surface area (Å²) in [5.74, 6) is -0.00160. The van der Waals surface area contributed by atoms with E-state index in [0.717, 1.165) is 0 Å². The molecule has 0 aliphatic carbocycles. The average molecular weight is 392 g/mol. The molecule has 2 aromatic carbocycles. The second-order valence-electron chi connectivity index (χ2n) is 5.86. The minimum atomic E-state index is -1.24. The van der Waals surface area contributed by atoms with E-state index in [1.54, 1.807) is 42.5 Å². The van der Waals surface area contributed by atoms with Crippen LogP contribution in [0.15, 0.2) is 55.1 Å². The number of ether oxygens (including phenoxy) is 3. The molecule has 1 unspecified atom stereocenters. The van der Waals surface area contributed by atoms with Crippen molar-refractivity contribution >= 4 is 23.2 Å². The van der Waals surface area contributed by atoms with Crippen LogP contribution in [0.4, 0.5) is 0 Å². The second kappa shape index (κ2) is 6.89. The van der Waals surface area contributed by atoms with E-state index in [4.69, 9.17) is 37.4 Å². The lowest BCUT2D eigenvalue weighted by atomic mass is 10.1. The molecular weight excluding hydrogens is 377 g/mol. The quantitative estimate of drug-likeness (QED) is 0.656. The predicted molar refractivity (Wildman–Crippen MR) is 96.6 cm³/mol. The van der Waals surface area contributed by atoms with Crippen molar-refractivity contribution in [1.82, 2.24) is 14.8 Å². The van der Waals surface area contributed by atoms with Gasteiger partial charge in [0.2, 0.25) is 0 Å². The van der Waals surface area contributed by atoms with Gasteiger partial charge in [0.05, 0.1) is 23.3 Å². The Morgan fingerprint density at radius 1 is 1.15 bits per heavy atom. The fourth-order valence-corrected chi connectivity index (χ4v) is 3.19. The monoisotopic (exact) mass is 391 g/mol. The second-order valence-corrected chi connectivity index (χ2v) is 6.70. The third-order valence-electron chi connectivity index (χ3n) is 3.93. The first kappa shape index (κ1) is 17.3. The summed E-state index contributed by atoms with van der Waals surface area (Å²) in [4.78, 5) is 3.99. The number of aromatic nitrogens is 3. The van der Waals surface area contributed by atoms with Gasteiger partial charge >= 0.3 is 5.91 Å². The van der Waals surface area contributed by atoms with Crippen molar-refractivity contribution in [3.05, 3.63) is 70.7 Å². The molecule has 2 heterocycles. The Balaban J connectivity index is 1.67. The van der Waals surface area contributed by atoms with Crippen molar-refractivity contribution in [2.75, 3.05) is 6.61 Å². The van der Waals surface area contributed by atoms with Gasteiger partial charge in [-0.05, 0) is 49.4 Å². The number of hydrogen-bond donors (Lipinski definition) is 0. The van der Waals surface area contributed by atoms with Gasteiger partial charge in [-0.2, -0.15) is 9.78 Å². The number of rotatable bonds is 4. The number of halogens is 2. The van der Waals surface area contributed by atoms with Gasteiger partial charge in [0.25, 0.3) is 0 Å². The highest BCUT2D eigenvalue weighted by Gasteiger charge is 2.46. The molecule has 3 aromatic rings. The van der Waals surface area contributed by atoms with E-state index in [0.29, 0.717) is 33.7 Å². The first-order chi connectivity index (χ1) is 12.6. The van der Waals surface area contributed by atoms with E-state index in [2.05, 4.69) is 10.1 Å². The summed E-state index contributed by atoms with van der Waals surface area (Å²) in [6.45, 7) is 2.34. The molecule has 0 spiro atoms. The van der Waals surface area contributed by atoms with E-state index in [1.165, 1.54) is 17.3 Å². The van der Waals surface area contributed by atoms with Crippen LogP contribution in [0.25, 0.3) is 0 Å². The van der Waals surface area contributed by atoms with E-state index in [-0.39, 0.29) is 6.10 Å². The van der Waals surface area contributed by atoms with Crippen LogP contribution >= 0.6 is 23.2 Å². The summed E-state index contributed by atoms with van der Waals surface area (Å²) >= 11 is 12.4. The maximum atomic E-state index is 6.53. The van der Waals surface area contributed by atoms with Gasteiger partial charge in [-0.3, -0.25) is 0 Å². The van der Waals surface area contributed by atoms with Gasteiger partial charge in [0, 0.05) is 5.02 Å². The van der Waals surface area contributed by atoms with Crippen molar-refractivity contribution < 1.29 is 14.2 Å². The van der Waals surface area contributed by atoms with Crippen LogP contribution in [0.3, 0.4) is 0 Å². The van der Waals surface area contributed by atoms with Crippen molar-refractivity contribution in [2.45, 2.75) is 18.9 Å². The van der Waals surface area contributed by atoms with E-state index >= 15 is 0 Å². The largest absolute Gasteiger partial charge is 0.457 e. The Morgan fingerprint density at radius 2 is 1.92 bits per heavy atom. The molecule has 134 valence electrons. The molecule has 0 bridgehead atoms. The lowest BCUT2D eigenvalue weighted by Crippen LogP contribution is -2.37. The summed E-state index contributed by atoms with van der Waals surface area (Å²) in [6, 6.07) is 12.4. The number of nitrogens with zero attached hydrogens (tertiary/aromatic N) is 3. The van der Waals surface area contributed by atoms with Crippen LogP contribution in [-0.2, 0) is 15.4 Å². The molecule has 4 rings (SSSR count). The van der Waals surface area contributed by atoms with Crippen LogP contribution in [0, 0.1) is 0 Å². The van der Waals surface area contributed by atoms with Gasteiger partial charge in [0.15, 0.2) is 0 Å². The van der Waals surface area contributed by atoms with Crippen molar-refractivity contribution in [3.8, 4) is 11.5 Å². The number of benzene rings is 2. The smallest absolute Gasteiger partial charge is 0.302 e. The summed E-state index contributed by atoms with van der Waals surface area (Å²) in [5.41, 5.74) is 0.623. The standard InChI is InChI=1S/C18H15Cl2N3O3/c1-12-9-24-18(26-12,23-11-21-10-22-23)16-7-6-15(8-17(16)20)25-14-4-2-13(19)3-5-14/h2-8,10-12H,9H2,1H3/t12-,18?/m0/s1. The average Bonchev–Trinajstić information content (AvgIpc) is 3.28. The molecule has 8 heteroatoms. The van der Waals surface area contributed by atoms with Gasteiger partial charge in [-0.25, -0.2) is 4.98 Å². The molecule has 0 radical (unpaired) electrons. The molecule has 26 heavy (non-hydrogen) atoms. The first-order valence-electron chi connectivity index (χ1n) is 7.97. The molecule has 1 aliphatic heterocycles. The van der Waals surface area contributed by atoms with E-state index in [1.807, 2.05) is 6.92 Å². The van der Waals surface area contributed by atoms with Crippen molar-refractivity contribution in [2.24, 2.45) is 0 Å². The molecule has 0 saturated carbocycles. The van der Waals surface area contributed by atoms with Gasteiger partial charge in [-0.15, -0.1) is 0 Å². The fourth-order valence-electron chi connectivity index (χ4n) is 2.77. The lowest BCUT2D eigenvalue weighted by Gasteiger charge is -2.28. The van der Waals surface area contributed by atoms with Gasteiger partial charge in [0.1, 0.15) is 24.2 Å². The topological polar surface area (TPSA) is 58.4 Å². The summed E-state index contributed by atoms with van der Waals surface area (Å²) in [7, 11) is 0. The Morgan fingerprint density at radius 3 is 2.54 bits per heavy atom. The Hall–Kier alpha value is -2.12. The molecule has 2 atom stereocenters. The molecule has 1 saturated heterocycles. The minimum Gasteiger partial charge on any atom is -0.457 e. The summed E-state index contributed by atoms with van der Waals surface area (Å²) in [5, 5.41) is 5.25. The Kier molecular flexibility index (Phi) is 4.58. The molecular formula is C18H15Cl2N3O3. The Bertz CT molecular complexity index is 903. The molecule has 1 fully saturated rings. The van der Waals surface area contributed by atoms with Crippen molar-refractivity contribution in [3.63, 3.8) is 0 Å². The van der Waals surface area contributed by atoms with E-state index < -0.39 is 5.91 Å². The third kappa shape index (κ3) is 3.17. The summed E-state index contributed by atoms with van der Waals surface area (Å²) < 4.78 is 19.3. The van der Waals surface area contributed by atoms with Gasteiger partial charge < -0.3 is 14.2 Å². The molecule has 1 aromatic heterocycles.